The third kappa shape index (κ3) is 5.37. The zero-order valence-electron chi connectivity index (χ0n) is 15.2. The molecular weight excluding hydrogens is 320 g/mol. The molecule has 138 valence electrons. The van der Waals surface area contributed by atoms with Crippen molar-refractivity contribution in [3.63, 3.8) is 0 Å². The molecule has 1 aliphatic carbocycles. The van der Waals surface area contributed by atoms with Crippen molar-refractivity contribution in [1.29, 1.82) is 0 Å². The van der Waals surface area contributed by atoms with E-state index in [1.807, 2.05) is 11.8 Å². The van der Waals surface area contributed by atoms with E-state index in [9.17, 15) is 4.79 Å². The summed E-state index contributed by atoms with van der Waals surface area (Å²) in [5, 5.41) is 4.18. The van der Waals surface area contributed by atoms with Crippen molar-refractivity contribution in [2.45, 2.75) is 82.2 Å². The minimum atomic E-state index is 0.195. The number of thioether (sulfide) groups is 1. The van der Waals surface area contributed by atoms with Gasteiger partial charge in [0.05, 0.1) is 12.3 Å². The van der Waals surface area contributed by atoms with Crippen molar-refractivity contribution in [3.05, 3.63) is 0 Å². The Labute approximate surface area is 151 Å². The van der Waals surface area contributed by atoms with Gasteiger partial charge in [0, 0.05) is 11.8 Å². The van der Waals surface area contributed by atoms with Crippen LogP contribution in [0.2, 0.25) is 0 Å². The van der Waals surface area contributed by atoms with E-state index >= 15 is 0 Å². The molecule has 1 amide bonds. The van der Waals surface area contributed by atoms with Crippen molar-refractivity contribution < 1.29 is 9.53 Å². The van der Waals surface area contributed by atoms with Crippen molar-refractivity contribution in [2.24, 2.45) is 5.92 Å². The summed E-state index contributed by atoms with van der Waals surface area (Å²) in [6.07, 6.45) is 11.4. The predicted octanol–water partition coefficient (Wildman–Crippen LogP) is 3.41. The van der Waals surface area contributed by atoms with Crippen molar-refractivity contribution in [3.8, 4) is 0 Å². The second-order valence-corrected chi connectivity index (χ2v) is 9.26. The highest BCUT2D eigenvalue weighted by Crippen LogP contribution is 2.29. The number of hydrogen-bond acceptors (Lipinski definition) is 4. The van der Waals surface area contributed by atoms with E-state index in [-0.39, 0.29) is 18.7 Å². The van der Waals surface area contributed by atoms with Gasteiger partial charge in [0.15, 0.2) is 0 Å². The van der Waals surface area contributed by atoms with E-state index < -0.39 is 0 Å². The van der Waals surface area contributed by atoms with Gasteiger partial charge in [-0.1, -0.05) is 19.8 Å². The second kappa shape index (κ2) is 9.44. The fourth-order valence-electron chi connectivity index (χ4n) is 4.31. The Morgan fingerprint density at radius 1 is 1.17 bits per heavy atom. The molecule has 2 saturated heterocycles. The Hall–Kier alpha value is -0.260. The lowest BCUT2D eigenvalue weighted by Gasteiger charge is -2.37. The molecule has 1 N–H and O–H groups in total. The second-order valence-electron chi connectivity index (χ2n) is 7.85. The SMILES string of the molecule is CC1CCCC(OCC(=O)N(CC2CCCS2)C2CCCCN2)C1. The maximum atomic E-state index is 12.9. The molecule has 3 rings (SSSR count). The lowest BCUT2D eigenvalue weighted by atomic mass is 9.89. The van der Waals surface area contributed by atoms with E-state index in [0.717, 1.165) is 38.3 Å². The molecule has 24 heavy (non-hydrogen) atoms. The average molecular weight is 355 g/mol. The highest BCUT2D eigenvalue weighted by Gasteiger charge is 2.30. The van der Waals surface area contributed by atoms with Gasteiger partial charge in [-0.15, -0.1) is 0 Å². The molecule has 0 aromatic carbocycles. The van der Waals surface area contributed by atoms with Crippen molar-refractivity contribution >= 4 is 17.7 Å². The van der Waals surface area contributed by atoms with E-state index in [1.165, 1.54) is 44.3 Å². The quantitative estimate of drug-likeness (QED) is 0.794. The van der Waals surface area contributed by atoms with Gasteiger partial charge < -0.3 is 9.64 Å². The van der Waals surface area contributed by atoms with Crippen LogP contribution < -0.4 is 5.32 Å². The minimum absolute atomic E-state index is 0.195. The summed E-state index contributed by atoms with van der Waals surface area (Å²) in [7, 11) is 0. The first-order valence-electron chi connectivity index (χ1n) is 9.98. The van der Waals surface area contributed by atoms with E-state index in [0.29, 0.717) is 11.4 Å². The third-order valence-electron chi connectivity index (χ3n) is 5.74. The molecule has 2 aliphatic heterocycles. The summed E-state index contributed by atoms with van der Waals surface area (Å²) in [6.45, 7) is 4.50. The van der Waals surface area contributed by atoms with Gasteiger partial charge in [0.1, 0.15) is 6.61 Å². The summed E-state index contributed by atoms with van der Waals surface area (Å²) in [6, 6.07) is 0. The van der Waals surface area contributed by atoms with Crippen LogP contribution in [-0.2, 0) is 9.53 Å². The van der Waals surface area contributed by atoms with Crippen LogP contribution in [0.15, 0.2) is 0 Å². The normalized spacial score (nSPS) is 34.2. The smallest absolute Gasteiger partial charge is 0.249 e. The van der Waals surface area contributed by atoms with E-state index in [2.05, 4.69) is 17.1 Å². The lowest BCUT2D eigenvalue weighted by molar-refractivity contribution is -0.142. The van der Waals surface area contributed by atoms with Crippen LogP contribution >= 0.6 is 11.8 Å². The standard InChI is InChI=1S/C19H34N2O2S/c1-15-6-4-7-16(12-15)23-14-19(22)21(13-17-8-5-11-24-17)18-9-2-3-10-20-18/h15-18,20H,2-14H2,1H3. The van der Waals surface area contributed by atoms with Crippen LogP contribution in [0.3, 0.4) is 0 Å². The highest BCUT2D eigenvalue weighted by molar-refractivity contribution is 8.00. The fourth-order valence-corrected chi connectivity index (χ4v) is 5.58. The molecule has 0 bridgehead atoms. The number of carbonyl (C=O) groups excluding carboxylic acids is 1. The molecule has 3 fully saturated rings. The van der Waals surface area contributed by atoms with Crippen LogP contribution in [0.1, 0.15) is 64.7 Å². The van der Waals surface area contributed by atoms with Gasteiger partial charge in [-0.05, 0) is 63.2 Å². The third-order valence-corrected chi connectivity index (χ3v) is 7.12. The largest absolute Gasteiger partial charge is 0.368 e. The van der Waals surface area contributed by atoms with Crippen LogP contribution in [0.25, 0.3) is 0 Å². The Bertz CT molecular complexity index is 395. The number of amides is 1. The summed E-state index contributed by atoms with van der Waals surface area (Å²) in [5.41, 5.74) is 0. The summed E-state index contributed by atoms with van der Waals surface area (Å²) in [5.74, 6) is 2.19. The molecule has 2 heterocycles. The molecule has 4 atom stereocenters. The number of hydrogen-bond donors (Lipinski definition) is 1. The molecule has 5 heteroatoms. The predicted molar refractivity (Wildman–Crippen MR) is 100 cm³/mol. The molecule has 3 aliphatic rings. The Balaban J connectivity index is 1.53. The first-order valence-corrected chi connectivity index (χ1v) is 11.0. The van der Waals surface area contributed by atoms with Gasteiger partial charge in [-0.25, -0.2) is 0 Å². The maximum Gasteiger partial charge on any atom is 0.249 e. The Kier molecular flexibility index (Phi) is 7.29. The maximum absolute atomic E-state index is 12.9. The lowest BCUT2D eigenvalue weighted by Crippen LogP contribution is -2.53. The van der Waals surface area contributed by atoms with Gasteiger partial charge in [-0.2, -0.15) is 11.8 Å². The Morgan fingerprint density at radius 2 is 2.08 bits per heavy atom. The summed E-state index contributed by atoms with van der Waals surface area (Å²) < 4.78 is 6.03. The molecule has 0 spiro atoms. The van der Waals surface area contributed by atoms with E-state index in [1.54, 1.807) is 0 Å². The van der Waals surface area contributed by atoms with Gasteiger partial charge >= 0.3 is 0 Å². The van der Waals surface area contributed by atoms with Crippen molar-refractivity contribution in [2.75, 3.05) is 25.4 Å². The van der Waals surface area contributed by atoms with Crippen LogP contribution in [0.4, 0.5) is 0 Å². The Morgan fingerprint density at radius 3 is 2.79 bits per heavy atom. The highest BCUT2D eigenvalue weighted by atomic mass is 32.2. The topological polar surface area (TPSA) is 41.6 Å². The van der Waals surface area contributed by atoms with Crippen LogP contribution in [-0.4, -0.2) is 53.8 Å². The average Bonchev–Trinajstić information content (AvgIpc) is 3.12. The fraction of sp³-hybridized carbons (Fsp3) is 0.947. The van der Waals surface area contributed by atoms with Crippen molar-refractivity contribution in [1.82, 2.24) is 10.2 Å². The van der Waals surface area contributed by atoms with Gasteiger partial charge in [-0.3, -0.25) is 10.1 Å². The number of ether oxygens (including phenoxy) is 1. The number of nitrogens with zero attached hydrogens (tertiary/aromatic N) is 1. The van der Waals surface area contributed by atoms with Gasteiger partial charge in [0.25, 0.3) is 0 Å². The molecule has 4 nitrogen and oxygen atoms in total. The minimum Gasteiger partial charge on any atom is -0.368 e. The number of nitrogens with one attached hydrogen (secondary N) is 1. The van der Waals surface area contributed by atoms with Crippen LogP contribution in [0, 0.1) is 5.92 Å². The first kappa shape index (κ1) is 18.5. The number of rotatable bonds is 6. The summed E-state index contributed by atoms with van der Waals surface area (Å²) >= 11 is 2.04. The molecule has 0 aromatic heterocycles. The summed E-state index contributed by atoms with van der Waals surface area (Å²) in [4.78, 5) is 15.0. The van der Waals surface area contributed by atoms with Crippen LogP contribution in [0.5, 0.6) is 0 Å². The molecule has 1 saturated carbocycles. The zero-order valence-corrected chi connectivity index (χ0v) is 16.0. The van der Waals surface area contributed by atoms with E-state index in [4.69, 9.17) is 4.74 Å². The number of piperidine rings is 1. The molecule has 0 aromatic rings. The molecule has 0 radical (unpaired) electrons. The molecular formula is C19H34N2O2S. The zero-order chi connectivity index (χ0) is 16.8. The first-order chi connectivity index (χ1) is 11.7. The monoisotopic (exact) mass is 354 g/mol. The molecule has 4 unspecified atom stereocenters. The van der Waals surface area contributed by atoms with Gasteiger partial charge in [0.2, 0.25) is 5.91 Å². The number of carbonyl (C=O) groups is 1.